The van der Waals surface area contributed by atoms with E-state index in [4.69, 9.17) is 56.8 Å². The Balaban J connectivity index is 0.00000593. The number of benzene rings is 4. The number of carbonyl (C=O) groups is 2. The van der Waals surface area contributed by atoms with Crippen molar-refractivity contribution >= 4 is 11.9 Å². The maximum Gasteiger partial charge on any atom is 0.305 e. The summed E-state index contributed by atoms with van der Waals surface area (Å²) in [6.07, 6.45) is 6.00. The van der Waals surface area contributed by atoms with E-state index in [-0.39, 0.29) is 61.7 Å². The Bertz CT molecular complexity index is 2270. The second-order valence-electron chi connectivity index (χ2n) is 19.0. The lowest BCUT2D eigenvalue weighted by atomic mass is 9.86. The Morgan fingerprint density at radius 2 is 0.743 bits per heavy atom. The average molecular weight is 1070 g/mol. The monoisotopic (exact) mass is 1070 g/mol. The molecule has 2 heterocycles. The fourth-order valence-electron chi connectivity index (χ4n) is 10.7. The van der Waals surface area contributed by atoms with Gasteiger partial charge in [-0.1, -0.05) is 0 Å². The van der Waals surface area contributed by atoms with E-state index in [2.05, 4.69) is 38.4 Å². The van der Waals surface area contributed by atoms with Gasteiger partial charge in [0.2, 0.25) is 11.5 Å². The van der Waals surface area contributed by atoms with Gasteiger partial charge in [0.15, 0.2) is 46.0 Å². The molecule has 0 amide bonds. The van der Waals surface area contributed by atoms with Crippen molar-refractivity contribution in [2.24, 2.45) is 0 Å². The van der Waals surface area contributed by atoms with E-state index in [1.54, 1.807) is 71.1 Å². The van der Waals surface area contributed by atoms with Crippen LogP contribution in [0.3, 0.4) is 0 Å². The number of hydrogen-bond donors (Lipinski definition) is 0. The predicted octanol–water partition coefficient (Wildman–Crippen LogP) is 2.48. The van der Waals surface area contributed by atoms with Gasteiger partial charge in [0, 0.05) is 62.5 Å². The standard InChI is InChI=1S/C56H78N2O14.2ClH/c1-57(23-19-39-33-45(61-3)47(63-5)35-41(39)43(57)27-37-29-49(65-7)55(69-11)50(30-37)66-8)21-15-25-71-53(59)17-13-14-18-54(60)72-26-16-22-58(2)24-20-40-34-46(62-4)48(64-6)36-42(40)44(58)28-38-31-51(67-9)56(70-12)52(32-38)68-10;;/h29-36,43-44H,13-28H2,1-12H3;2*1H/q+2;;/p-2/t43-,44+,57-,58+;;. The maximum atomic E-state index is 12.9. The smallest absolute Gasteiger partial charge is 0.305 e. The van der Waals surface area contributed by atoms with Crippen LogP contribution in [-0.4, -0.2) is 145 Å². The molecule has 4 atom stereocenters. The highest BCUT2D eigenvalue weighted by atomic mass is 35.5. The van der Waals surface area contributed by atoms with Crippen LogP contribution < -0.4 is 72.2 Å². The van der Waals surface area contributed by atoms with Crippen molar-refractivity contribution in [3.8, 4) is 57.5 Å². The van der Waals surface area contributed by atoms with Crippen LogP contribution in [0.15, 0.2) is 48.5 Å². The first-order valence-electron chi connectivity index (χ1n) is 24.8. The van der Waals surface area contributed by atoms with Crippen LogP contribution in [0.2, 0.25) is 0 Å². The Hall–Kier alpha value is -5.68. The van der Waals surface area contributed by atoms with Gasteiger partial charge in [-0.2, -0.15) is 0 Å². The quantitative estimate of drug-likeness (QED) is 0.0490. The van der Waals surface area contributed by atoms with Gasteiger partial charge in [-0.15, -0.1) is 0 Å². The molecule has 0 fully saturated rings. The van der Waals surface area contributed by atoms with Crippen LogP contribution >= 0.6 is 0 Å². The van der Waals surface area contributed by atoms with Crippen molar-refractivity contribution in [3.05, 3.63) is 81.9 Å². The van der Waals surface area contributed by atoms with Gasteiger partial charge in [-0.05, 0) is 83.6 Å². The minimum Gasteiger partial charge on any atom is -1.00 e. The summed E-state index contributed by atoms with van der Waals surface area (Å²) in [7, 11) is 20.8. The topological polar surface area (TPSA) is 145 Å². The van der Waals surface area contributed by atoms with Gasteiger partial charge < -0.3 is 90.6 Å². The number of quaternary nitrogens is 2. The minimum absolute atomic E-state index is 0. The van der Waals surface area contributed by atoms with E-state index >= 15 is 0 Å². The summed E-state index contributed by atoms with van der Waals surface area (Å²) >= 11 is 0. The van der Waals surface area contributed by atoms with Gasteiger partial charge in [0.05, 0.1) is 125 Å². The first-order chi connectivity index (χ1) is 34.7. The normalized spacial score (nSPS) is 18.4. The van der Waals surface area contributed by atoms with Crippen molar-refractivity contribution in [1.29, 1.82) is 0 Å². The highest BCUT2D eigenvalue weighted by Crippen LogP contribution is 2.47. The molecule has 74 heavy (non-hydrogen) atoms. The van der Waals surface area contributed by atoms with E-state index in [0.29, 0.717) is 109 Å². The van der Waals surface area contributed by atoms with Crippen LogP contribution in [0.5, 0.6) is 57.5 Å². The van der Waals surface area contributed by atoms with Gasteiger partial charge >= 0.3 is 11.9 Å². The minimum atomic E-state index is -0.266. The van der Waals surface area contributed by atoms with Crippen molar-refractivity contribution in [3.63, 3.8) is 0 Å². The predicted molar refractivity (Wildman–Crippen MR) is 273 cm³/mol. The second-order valence-corrected chi connectivity index (χ2v) is 19.0. The number of unbranched alkanes of at least 4 members (excludes halogenated alkanes) is 1. The molecule has 18 heteroatoms. The first-order valence-corrected chi connectivity index (χ1v) is 24.8. The van der Waals surface area contributed by atoms with Crippen LogP contribution in [0, 0.1) is 0 Å². The zero-order chi connectivity index (χ0) is 52.0. The highest BCUT2D eigenvalue weighted by Gasteiger charge is 2.42. The number of rotatable bonds is 27. The lowest BCUT2D eigenvalue weighted by Crippen LogP contribution is -3.00. The van der Waals surface area contributed by atoms with Crippen molar-refractivity contribution in [2.75, 3.05) is 125 Å². The largest absolute Gasteiger partial charge is 1.00 e. The van der Waals surface area contributed by atoms with Gasteiger partial charge in [-0.3, -0.25) is 9.59 Å². The number of esters is 2. The molecule has 16 nitrogen and oxygen atoms in total. The number of methoxy groups -OCH3 is 10. The average Bonchev–Trinajstić information content (AvgIpc) is 3.40. The molecule has 4 aromatic rings. The van der Waals surface area contributed by atoms with Crippen molar-refractivity contribution < 1.29 is 100 Å². The zero-order valence-corrected chi connectivity index (χ0v) is 47.0. The molecule has 0 bridgehead atoms. The second kappa shape index (κ2) is 28.3. The molecule has 2 aliphatic heterocycles. The van der Waals surface area contributed by atoms with E-state index in [1.165, 1.54) is 22.3 Å². The van der Waals surface area contributed by atoms with E-state index in [9.17, 15) is 9.59 Å². The van der Waals surface area contributed by atoms with Crippen LogP contribution in [0.1, 0.15) is 84.0 Å². The molecule has 0 aromatic heterocycles. The summed E-state index contributed by atoms with van der Waals surface area (Å²) in [6.45, 7) is 3.95. The number of carbonyl (C=O) groups excluding carboxylic acids is 2. The van der Waals surface area contributed by atoms with Crippen molar-refractivity contribution in [2.45, 2.75) is 76.3 Å². The van der Waals surface area contributed by atoms with Crippen molar-refractivity contribution in [1.82, 2.24) is 0 Å². The van der Waals surface area contributed by atoms with Crippen LogP contribution in [-0.2, 0) is 44.7 Å². The molecule has 0 aliphatic carbocycles. The van der Waals surface area contributed by atoms with Crippen LogP contribution in [0.25, 0.3) is 0 Å². The Kier molecular flexibility index (Phi) is 23.3. The summed E-state index contributed by atoms with van der Waals surface area (Å²) < 4.78 is 69.9. The first kappa shape index (κ1) is 60.9. The number of likely N-dealkylation sites (N-methyl/N-ethyl adjacent to an activating group) is 2. The number of ether oxygens (including phenoxy) is 12. The Morgan fingerprint density at radius 1 is 0.432 bits per heavy atom. The fraction of sp³-hybridized carbons (Fsp3) is 0.536. The summed E-state index contributed by atoms with van der Waals surface area (Å²) in [4.78, 5) is 25.9. The third-order valence-electron chi connectivity index (χ3n) is 14.8. The Labute approximate surface area is 450 Å². The highest BCUT2D eigenvalue weighted by molar-refractivity contribution is 5.70. The van der Waals surface area contributed by atoms with Gasteiger partial charge in [0.1, 0.15) is 12.1 Å². The van der Waals surface area contributed by atoms with Gasteiger partial charge in [0.25, 0.3) is 0 Å². The zero-order valence-electron chi connectivity index (χ0n) is 45.5. The molecule has 4 aromatic carbocycles. The third-order valence-corrected chi connectivity index (χ3v) is 14.8. The maximum absolute atomic E-state index is 12.9. The molecule has 0 N–H and O–H groups in total. The molecule has 410 valence electrons. The Morgan fingerprint density at radius 3 is 1.04 bits per heavy atom. The molecule has 0 saturated heterocycles. The number of nitrogens with zero attached hydrogens (tertiary/aromatic N) is 2. The number of fused-ring (bicyclic) bond motifs is 2. The molecule has 2 aliphatic rings. The molecular formula is C56H78Cl2N2O14. The molecule has 0 unspecified atom stereocenters. The SMILES string of the molecule is COc1cc2c(cc1OC)[C@@H](Cc1cc(OC)c(OC)c(OC)c1)[N@+](C)(CCCOC(=O)CCCCC(=O)OCCC[N@@+]1(C)CCc3cc(OC)c(OC)cc3[C@@H]1Cc1cc(OC)c(OC)c(OC)c1)CC2.[Cl-].[Cl-]. The molecule has 0 radical (unpaired) electrons. The molecular weight excluding hydrogens is 996 g/mol. The fourth-order valence-corrected chi connectivity index (χ4v) is 10.7. The molecule has 0 spiro atoms. The lowest BCUT2D eigenvalue weighted by Gasteiger charge is -2.46. The molecule has 6 rings (SSSR count). The van der Waals surface area contributed by atoms with Crippen LogP contribution in [0.4, 0.5) is 0 Å². The summed E-state index contributed by atoms with van der Waals surface area (Å²) in [6, 6.07) is 16.5. The van der Waals surface area contributed by atoms with E-state index < -0.39 is 0 Å². The summed E-state index contributed by atoms with van der Waals surface area (Å²) in [5.41, 5.74) is 6.90. The van der Waals surface area contributed by atoms with E-state index in [0.717, 1.165) is 59.1 Å². The summed E-state index contributed by atoms with van der Waals surface area (Å²) in [5.74, 6) is 5.74. The third kappa shape index (κ3) is 14.2. The van der Waals surface area contributed by atoms with Gasteiger partial charge in [-0.25, -0.2) is 0 Å². The number of hydrogen-bond acceptors (Lipinski definition) is 14. The number of halogens is 2. The molecule has 0 saturated carbocycles. The summed E-state index contributed by atoms with van der Waals surface area (Å²) in [5, 5.41) is 0. The van der Waals surface area contributed by atoms with E-state index in [1.807, 2.05) is 24.3 Å². The lowest BCUT2D eigenvalue weighted by molar-refractivity contribution is -0.941.